The van der Waals surface area contributed by atoms with Crippen molar-refractivity contribution in [3.63, 3.8) is 0 Å². The van der Waals surface area contributed by atoms with Gasteiger partial charge in [-0.1, -0.05) is 30.3 Å². The summed E-state index contributed by atoms with van der Waals surface area (Å²) in [5, 5.41) is 8.84. The topological polar surface area (TPSA) is 59.4 Å². The van der Waals surface area contributed by atoms with Gasteiger partial charge in [-0.2, -0.15) is 0 Å². The number of ether oxygens (including phenoxy) is 1. The van der Waals surface area contributed by atoms with Gasteiger partial charge in [-0.05, 0) is 12.1 Å². The van der Waals surface area contributed by atoms with Crippen molar-refractivity contribution in [3.05, 3.63) is 59.9 Å². The molecule has 0 unspecified atom stereocenters. The van der Waals surface area contributed by atoms with Crippen LogP contribution in [-0.2, 0) is 6.61 Å². The Morgan fingerprint density at radius 2 is 1.94 bits per heavy atom. The Hall–Kier alpha value is -2.20. The van der Waals surface area contributed by atoms with Gasteiger partial charge in [-0.15, -0.1) is 0 Å². The first-order valence-corrected chi connectivity index (χ1v) is 5.56. The third-order valence-electron chi connectivity index (χ3n) is 2.43. The number of aliphatic hydroxyl groups excluding tert-OH is 1. The number of ketones is 1. The van der Waals surface area contributed by atoms with E-state index in [0.29, 0.717) is 17.0 Å². The van der Waals surface area contributed by atoms with Gasteiger partial charge in [0.15, 0.2) is 12.4 Å². The monoisotopic (exact) mass is 243 g/mol. The summed E-state index contributed by atoms with van der Waals surface area (Å²) in [6.45, 7) is -0.132. The van der Waals surface area contributed by atoms with Crippen LogP contribution in [0.2, 0.25) is 0 Å². The third kappa shape index (κ3) is 3.15. The number of rotatable bonds is 5. The van der Waals surface area contributed by atoms with Crippen molar-refractivity contribution < 1.29 is 14.6 Å². The molecule has 18 heavy (non-hydrogen) atoms. The Morgan fingerprint density at radius 3 is 2.56 bits per heavy atom. The van der Waals surface area contributed by atoms with Crippen LogP contribution >= 0.6 is 0 Å². The zero-order valence-corrected chi connectivity index (χ0v) is 9.74. The number of hydrogen-bond donors (Lipinski definition) is 1. The summed E-state index contributed by atoms with van der Waals surface area (Å²) in [4.78, 5) is 15.7. The van der Waals surface area contributed by atoms with E-state index in [2.05, 4.69) is 4.98 Å². The zero-order valence-electron chi connectivity index (χ0n) is 9.74. The van der Waals surface area contributed by atoms with Crippen LogP contribution in [-0.4, -0.2) is 22.5 Å². The molecule has 2 rings (SSSR count). The van der Waals surface area contributed by atoms with Crippen LogP contribution in [0, 0.1) is 0 Å². The number of pyridine rings is 1. The SMILES string of the molecule is O=C(COc1ccc(CO)nc1)c1ccccc1. The van der Waals surface area contributed by atoms with Crippen LogP contribution in [0.3, 0.4) is 0 Å². The van der Waals surface area contributed by atoms with Gasteiger partial charge in [-0.3, -0.25) is 9.78 Å². The van der Waals surface area contributed by atoms with Crippen molar-refractivity contribution >= 4 is 5.78 Å². The highest BCUT2D eigenvalue weighted by molar-refractivity contribution is 5.97. The molecule has 0 aliphatic rings. The molecule has 1 aromatic carbocycles. The molecule has 0 radical (unpaired) electrons. The molecule has 0 fully saturated rings. The van der Waals surface area contributed by atoms with Crippen molar-refractivity contribution in [1.82, 2.24) is 4.98 Å². The molecular weight excluding hydrogens is 230 g/mol. The number of nitrogens with zero attached hydrogens (tertiary/aromatic N) is 1. The number of Topliss-reactive ketones (excluding diaryl/α,β-unsaturated/α-hetero) is 1. The Kier molecular flexibility index (Phi) is 4.04. The average Bonchev–Trinajstić information content (AvgIpc) is 2.46. The number of aromatic nitrogens is 1. The molecule has 0 aliphatic heterocycles. The van der Waals surface area contributed by atoms with E-state index in [0.717, 1.165) is 0 Å². The van der Waals surface area contributed by atoms with E-state index in [-0.39, 0.29) is 19.0 Å². The summed E-state index contributed by atoms with van der Waals surface area (Å²) in [7, 11) is 0. The summed E-state index contributed by atoms with van der Waals surface area (Å²) in [6.07, 6.45) is 1.49. The lowest BCUT2D eigenvalue weighted by Crippen LogP contribution is -2.11. The minimum atomic E-state index is -0.108. The largest absolute Gasteiger partial charge is 0.484 e. The molecule has 0 amide bonds. The van der Waals surface area contributed by atoms with E-state index in [1.165, 1.54) is 6.20 Å². The van der Waals surface area contributed by atoms with Crippen molar-refractivity contribution in [2.24, 2.45) is 0 Å². The second-order valence-corrected chi connectivity index (χ2v) is 3.72. The molecule has 0 aliphatic carbocycles. The van der Waals surface area contributed by atoms with Crippen LogP contribution in [0.25, 0.3) is 0 Å². The molecule has 4 heteroatoms. The smallest absolute Gasteiger partial charge is 0.200 e. The Morgan fingerprint density at radius 1 is 1.17 bits per heavy atom. The maximum atomic E-state index is 11.8. The van der Waals surface area contributed by atoms with Gasteiger partial charge in [0, 0.05) is 5.56 Å². The van der Waals surface area contributed by atoms with Gasteiger partial charge in [0.1, 0.15) is 5.75 Å². The van der Waals surface area contributed by atoms with Crippen molar-refractivity contribution in [2.45, 2.75) is 6.61 Å². The van der Waals surface area contributed by atoms with E-state index in [9.17, 15) is 4.79 Å². The molecular formula is C14H13NO3. The maximum Gasteiger partial charge on any atom is 0.200 e. The van der Waals surface area contributed by atoms with Crippen LogP contribution in [0.5, 0.6) is 5.75 Å². The minimum absolute atomic E-state index is 0.0236. The van der Waals surface area contributed by atoms with Crippen molar-refractivity contribution in [1.29, 1.82) is 0 Å². The third-order valence-corrected chi connectivity index (χ3v) is 2.43. The van der Waals surface area contributed by atoms with Gasteiger partial charge in [0.2, 0.25) is 0 Å². The summed E-state index contributed by atoms with van der Waals surface area (Å²) < 4.78 is 5.33. The lowest BCUT2D eigenvalue weighted by molar-refractivity contribution is 0.0921. The number of carbonyl (C=O) groups excluding carboxylic acids is 1. The van der Waals surface area contributed by atoms with E-state index in [4.69, 9.17) is 9.84 Å². The molecule has 4 nitrogen and oxygen atoms in total. The van der Waals surface area contributed by atoms with E-state index in [1.54, 1.807) is 24.3 Å². The highest BCUT2D eigenvalue weighted by atomic mass is 16.5. The molecule has 2 aromatic rings. The summed E-state index contributed by atoms with van der Waals surface area (Å²) in [5.41, 5.74) is 1.19. The van der Waals surface area contributed by atoms with E-state index in [1.807, 2.05) is 18.2 Å². The molecule has 1 N–H and O–H groups in total. The molecule has 0 atom stereocenters. The quantitative estimate of drug-likeness (QED) is 0.814. The fraction of sp³-hybridized carbons (Fsp3) is 0.143. The lowest BCUT2D eigenvalue weighted by atomic mass is 10.1. The first-order valence-electron chi connectivity index (χ1n) is 5.56. The summed E-state index contributed by atoms with van der Waals surface area (Å²) in [6, 6.07) is 12.3. The van der Waals surface area contributed by atoms with Crippen LogP contribution in [0.1, 0.15) is 16.1 Å². The predicted molar refractivity (Wildman–Crippen MR) is 66.4 cm³/mol. The van der Waals surface area contributed by atoms with Crippen molar-refractivity contribution in [3.8, 4) is 5.75 Å². The Labute approximate surface area is 105 Å². The lowest BCUT2D eigenvalue weighted by Gasteiger charge is -2.05. The molecule has 0 saturated heterocycles. The molecule has 0 spiro atoms. The second kappa shape index (κ2) is 5.93. The number of hydrogen-bond acceptors (Lipinski definition) is 4. The average molecular weight is 243 g/mol. The highest BCUT2D eigenvalue weighted by Gasteiger charge is 2.06. The number of carbonyl (C=O) groups is 1. The second-order valence-electron chi connectivity index (χ2n) is 3.72. The number of aliphatic hydroxyl groups is 1. The fourth-order valence-corrected chi connectivity index (χ4v) is 1.45. The molecule has 1 aromatic heterocycles. The Bertz CT molecular complexity index is 508. The predicted octanol–water partition coefficient (Wildman–Crippen LogP) is 1.84. The molecule has 0 bridgehead atoms. The Balaban J connectivity index is 1.93. The van der Waals surface area contributed by atoms with Crippen LogP contribution in [0.15, 0.2) is 48.7 Å². The van der Waals surface area contributed by atoms with Gasteiger partial charge >= 0.3 is 0 Å². The molecule has 1 heterocycles. The molecule has 92 valence electrons. The maximum absolute atomic E-state index is 11.8. The first kappa shape index (κ1) is 12.3. The standard InChI is InChI=1S/C14H13NO3/c16-9-12-6-7-13(8-15-12)18-10-14(17)11-4-2-1-3-5-11/h1-8,16H,9-10H2. The summed E-state index contributed by atoms with van der Waals surface area (Å²) in [5.74, 6) is 0.429. The zero-order chi connectivity index (χ0) is 12.8. The summed E-state index contributed by atoms with van der Waals surface area (Å²) >= 11 is 0. The van der Waals surface area contributed by atoms with Gasteiger partial charge in [0.25, 0.3) is 0 Å². The van der Waals surface area contributed by atoms with Crippen molar-refractivity contribution in [2.75, 3.05) is 6.61 Å². The van der Waals surface area contributed by atoms with E-state index >= 15 is 0 Å². The van der Waals surface area contributed by atoms with Gasteiger partial charge in [-0.25, -0.2) is 0 Å². The van der Waals surface area contributed by atoms with Gasteiger partial charge < -0.3 is 9.84 Å². The highest BCUT2D eigenvalue weighted by Crippen LogP contribution is 2.10. The minimum Gasteiger partial charge on any atom is -0.484 e. The van der Waals surface area contributed by atoms with Gasteiger partial charge in [0.05, 0.1) is 18.5 Å². The van der Waals surface area contributed by atoms with Crippen LogP contribution < -0.4 is 4.74 Å². The molecule has 0 saturated carbocycles. The fourth-order valence-electron chi connectivity index (χ4n) is 1.45. The normalized spacial score (nSPS) is 10.1. The number of benzene rings is 1. The van der Waals surface area contributed by atoms with E-state index < -0.39 is 0 Å². The first-order chi connectivity index (χ1) is 8.79. The van der Waals surface area contributed by atoms with Crippen LogP contribution in [0.4, 0.5) is 0 Å².